The molecule has 4 aromatic rings. The van der Waals surface area contributed by atoms with Gasteiger partial charge in [-0.05, 0) is 35.9 Å². The topological polar surface area (TPSA) is 385 Å². The maximum Gasteiger partial charge on any atom is 0.402 e. The predicted octanol–water partition coefficient (Wildman–Crippen LogP) is -2.69. The second-order valence-corrected chi connectivity index (χ2v) is 15.6. The molecule has 0 radical (unpaired) electrons. The van der Waals surface area contributed by atoms with Gasteiger partial charge in [-0.2, -0.15) is 0 Å². The number of phenols is 3. The number of carbonyl (C=O) groups excluding carboxylic acids is 1. The van der Waals surface area contributed by atoms with Crippen LogP contribution in [0.15, 0.2) is 65.1 Å². The van der Waals surface area contributed by atoms with Crippen LogP contribution in [0.3, 0.4) is 0 Å². The average Bonchev–Trinajstić information content (AvgIpc) is 3.31. The van der Waals surface area contributed by atoms with Crippen LogP contribution in [0.4, 0.5) is 0 Å². The van der Waals surface area contributed by atoms with Crippen molar-refractivity contribution in [2.45, 2.75) is 92.1 Å². The molecular formula is C43H49O24+. The van der Waals surface area contributed by atoms with Crippen molar-refractivity contribution < 1.29 is 119 Å². The van der Waals surface area contributed by atoms with Gasteiger partial charge in [0.25, 0.3) is 0 Å². The van der Waals surface area contributed by atoms with Gasteiger partial charge >= 0.3 is 17.3 Å². The monoisotopic (exact) mass is 949 g/mol. The van der Waals surface area contributed by atoms with Crippen LogP contribution in [0, 0.1) is 0 Å². The number of esters is 1. The predicted molar refractivity (Wildman–Crippen MR) is 220 cm³/mol. The SMILES string of the molecule is COc1cc(-c2[o+]c3cc(O)cc(OC4OC(CO)C(O)C(O)C4O)c3cc2OC2OC(COC(=O)C=Cc3ccc(O)c(OC4OC(CO)C(O)C(O)C4O)c3)C(O)C(O)C2O)ccc1O. The summed E-state index contributed by atoms with van der Waals surface area (Å²) in [5, 5.41) is 145. The molecule has 364 valence electrons. The molecule has 24 nitrogen and oxygen atoms in total. The van der Waals surface area contributed by atoms with Crippen molar-refractivity contribution in [3.8, 4) is 51.6 Å². The number of methoxy groups -OCH3 is 1. The summed E-state index contributed by atoms with van der Waals surface area (Å²) in [6.45, 7) is -2.22. The standard InChI is InChI=1S/C43H48O24/c1-59-24-9-17(4-6-20(24)47)40-26(12-19-22(61-40)10-18(46)11-23(19)62-41-37(56)34(53)31(50)27(13-44)65-41)64-43-39(58)36(55)33(52)29(67-43)15-60-30(49)7-3-16-2-5-21(48)25(8-16)63-42-38(57)35(54)32(51)28(14-45)66-42/h2-12,27-29,31-39,41-45,50-58H,13-15H2,1H3,(H2-,46,47,48,49)/p+1. The van der Waals surface area contributed by atoms with Crippen molar-refractivity contribution in [1.82, 2.24) is 0 Å². The van der Waals surface area contributed by atoms with Gasteiger partial charge in [-0.25, -0.2) is 9.21 Å². The molecule has 0 amide bonds. The fraction of sp³-hybridized carbons (Fsp3) is 0.442. The zero-order valence-electron chi connectivity index (χ0n) is 35.0. The molecule has 1 aromatic heterocycles. The van der Waals surface area contributed by atoms with Crippen LogP contribution in [0.2, 0.25) is 0 Å². The van der Waals surface area contributed by atoms with Crippen molar-refractivity contribution in [3.63, 3.8) is 0 Å². The van der Waals surface area contributed by atoms with Crippen LogP contribution >= 0.6 is 0 Å². The molecule has 0 spiro atoms. The van der Waals surface area contributed by atoms with E-state index in [9.17, 15) is 76.3 Å². The second kappa shape index (κ2) is 20.7. The summed E-state index contributed by atoms with van der Waals surface area (Å²) in [7, 11) is 1.28. The molecule has 0 bridgehead atoms. The highest BCUT2D eigenvalue weighted by molar-refractivity contribution is 5.89. The minimum absolute atomic E-state index is 0.0106. The third-order valence-electron chi connectivity index (χ3n) is 11.1. The maximum atomic E-state index is 12.9. The number of hydrogen-bond donors (Lipinski definition) is 14. The van der Waals surface area contributed by atoms with Gasteiger partial charge in [-0.1, -0.05) is 6.07 Å². The van der Waals surface area contributed by atoms with E-state index in [-0.39, 0.29) is 56.6 Å². The number of aliphatic hydroxyl groups is 11. The molecular weight excluding hydrogens is 900 g/mol. The normalized spacial score (nSPS) is 32.2. The van der Waals surface area contributed by atoms with Gasteiger partial charge in [0, 0.05) is 24.3 Å². The fourth-order valence-electron chi connectivity index (χ4n) is 7.34. The smallest absolute Gasteiger partial charge is 0.402 e. The Morgan fingerprint density at radius 1 is 0.597 bits per heavy atom. The van der Waals surface area contributed by atoms with Crippen LogP contribution in [0.5, 0.6) is 40.2 Å². The first-order chi connectivity index (χ1) is 31.9. The van der Waals surface area contributed by atoms with Crippen molar-refractivity contribution in [3.05, 3.63) is 66.2 Å². The van der Waals surface area contributed by atoms with E-state index in [1.807, 2.05) is 0 Å². The molecule has 24 heteroatoms. The average molecular weight is 950 g/mol. The van der Waals surface area contributed by atoms with Gasteiger partial charge in [0.2, 0.25) is 24.6 Å². The zero-order valence-corrected chi connectivity index (χ0v) is 35.0. The van der Waals surface area contributed by atoms with Crippen LogP contribution in [0.25, 0.3) is 28.4 Å². The summed E-state index contributed by atoms with van der Waals surface area (Å²) in [4.78, 5) is 12.9. The van der Waals surface area contributed by atoms with E-state index in [0.717, 1.165) is 12.1 Å². The van der Waals surface area contributed by atoms with E-state index in [1.165, 1.54) is 61.7 Å². The Kier molecular flexibility index (Phi) is 15.2. The maximum absolute atomic E-state index is 12.9. The van der Waals surface area contributed by atoms with E-state index < -0.39 is 129 Å². The lowest BCUT2D eigenvalue weighted by molar-refractivity contribution is -0.278. The fourth-order valence-corrected chi connectivity index (χ4v) is 7.34. The van der Waals surface area contributed by atoms with Crippen LogP contribution in [-0.2, 0) is 23.7 Å². The zero-order chi connectivity index (χ0) is 48.4. The second-order valence-electron chi connectivity index (χ2n) is 15.6. The number of hydrogen-bond acceptors (Lipinski definition) is 23. The third kappa shape index (κ3) is 10.4. The summed E-state index contributed by atoms with van der Waals surface area (Å²) in [6, 6.07) is 11.3. The highest BCUT2D eigenvalue weighted by Crippen LogP contribution is 2.43. The first-order valence-corrected chi connectivity index (χ1v) is 20.4. The van der Waals surface area contributed by atoms with E-state index >= 15 is 0 Å². The van der Waals surface area contributed by atoms with E-state index in [2.05, 4.69) is 0 Å². The molecule has 0 aliphatic carbocycles. The lowest BCUT2D eigenvalue weighted by atomic mass is 9.99. The minimum atomic E-state index is -1.97. The molecule has 3 fully saturated rings. The number of aromatic hydroxyl groups is 3. The van der Waals surface area contributed by atoms with Crippen LogP contribution < -0.4 is 18.9 Å². The van der Waals surface area contributed by atoms with Gasteiger partial charge in [0.15, 0.2) is 23.0 Å². The molecule has 15 atom stereocenters. The summed E-state index contributed by atoms with van der Waals surface area (Å²) in [5.41, 5.74) is 0.308. The number of rotatable bonds is 14. The first kappa shape index (κ1) is 49.2. The number of ether oxygens (including phenoxy) is 8. The van der Waals surface area contributed by atoms with E-state index in [1.54, 1.807) is 0 Å². The Morgan fingerprint density at radius 2 is 1.12 bits per heavy atom. The molecule has 67 heavy (non-hydrogen) atoms. The number of benzene rings is 3. The van der Waals surface area contributed by atoms with Crippen molar-refractivity contribution in [2.24, 2.45) is 0 Å². The van der Waals surface area contributed by atoms with Gasteiger partial charge < -0.3 is 109 Å². The summed E-state index contributed by atoms with van der Waals surface area (Å²) in [5.74, 6) is -3.12. The van der Waals surface area contributed by atoms with Gasteiger partial charge in [-0.15, -0.1) is 0 Å². The number of phenolic OH excluding ortho intramolecular Hbond substituents is 3. The third-order valence-corrected chi connectivity index (χ3v) is 11.1. The molecule has 0 saturated carbocycles. The summed E-state index contributed by atoms with van der Waals surface area (Å²) >= 11 is 0. The van der Waals surface area contributed by atoms with Gasteiger partial charge in [-0.3, -0.25) is 0 Å². The highest BCUT2D eigenvalue weighted by Gasteiger charge is 2.48. The van der Waals surface area contributed by atoms with Crippen molar-refractivity contribution in [1.29, 1.82) is 0 Å². The Balaban J connectivity index is 1.11. The van der Waals surface area contributed by atoms with E-state index in [4.69, 9.17) is 42.3 Å². The van der Waals surface area contributed by atoms with E-state index in [0.29, 0.717) is 0 Å². The molecule has 14 N–H and O–H groups in total. The number of aliphatic hydroxyl groups excluding tert-OH is 11. The molecule has 3 aliphatic heterocycles. The molecule has 4 heterocycles. The Bertz CT molecular complexity index is 2390. The molecule has 7 rings (SSSR count). The minimum Gasteiger partial charge on any atom is -0.507 e. The van der Waals surface area contributed by atoms with Gasteiger partial charge in [0.05, 0.1) is 32.0 Å². The van der Waals surface area contributed by atoms with Crippen LogP contribution in [-0.4, -0.2) is 197 Å². The molecule has 3 aliphatic rings. The summed E-state index contributed by atoms with van der Waals surface area (Å²) < 4.78 is 50.7. The number of fused-ring (bicyclic) bond motifs is 1. The highest BCUT2D eigenvalue weighted by atomic mass is 16.7. The van der Waals surface area contributed by atoms with Crippen molar-refractivity contribution >= 4 is 23.0 Å². The van der Waals surface area contributed by atoms with Crippen LogP contribution in [0.1, 0.15) is 5.56 Å². The first-order valence-electron chi connectivity index (χ1n) is 20.4. The largest absolute Gasteiger partial charge is 0.507 e. The Morgan fingerprint density at radius 3 is 1.70 bits per heavy atom. The molecule has 3 saturated heterocycles. The quantitative estimate of drug-likeness (QED) is 0.0348. The Hall–Kier alpha value is -5.68. The van der Waals surface area contributed by atoms with Gasteiger partial charge in [0.1, 0.15) is 96.7 Å². The molecule has 15 unspecified atom stereocenters. The Labute approximate surface area is 378 Å². The lowest BCUT2D eigenvalue weighted by Crippen LogP contribution is -2.60. The lowest BCUT2D eigenvalue weighted by Gasteiger charge is -2.39. The molecule has 3 aromatic carbocycles. The summed E-state index contributed by atoms with van der Waals surface area (Å²) in [6.07, 6.45) is -23.6. The van der Waals surface area contributed by atoms with Crippen molar-refractivity contribution in [2.75, 3.05) is 26.9 Å². The number of carbonyl (C=O) groups is 1.